The van der Waals surface area contributed by atoms with Crippen LogP contribution in [0, 0.1) is 22.5 Å². The van der Waals surface area contributed by atoms with E-state index in [0.717, 1.165) is 5.56 Å². The number of carbonyl (C=O) groups excluding carboxylic acids is 1. The van der Waals surface area contributed by atoms with Gasteiger partial charge in [0.25, 0.3) is 11.9 Å². The molecule has 2 aliphatic heterocycles. The molecule has 2 aromatic carbocycles. The van der Waals surface area contributed by atoms with Crippen molar-refractivity contribution in [3.8, 4) is 18.1 Å². The van der Waals surface area contributed by atoms with Gasteiger partial charge >= 0.3 is 0 Å². The van der Waals surface area contributed by atoms with E-state index in [1.54, 1.807) is 48.5 Å². The lowest BCUT2D eigenvalue weighted by atomic mass is 9.78. The minimum absolute atomic E-state index is 0.151. The second kappa shape index (κ2) is 6.66. The number of ether oxygens (including phenoxy) is 1. The Hall–Kier alpha value is -3.37. The number of terminal acetylenes is 1. The summed E-state index contributed by atoms with van der Waals surface area (Å²) in [5.41, 5.74) is 0.592. The molecule has 2 heterocycles. The van der Waals surface area contributed by atoms with Crippen molar-refractivity contribution in [2.75, 3.05) is 11.9 Å². The lowest BCUT2D eigenvalue weighted by molar-refractivity contribution is -0.532. The highest BCUT2D eigenvalue weighted by Crippen LogP contribution is 2.49. The number of para-hydroxylation sites is 1. The number of carbonyl (C=O) groups is 1. The Labute approximate surface area is 162 Å². The third kappa shape index (κ3) is 2.53. The van der Waals surface area contributed by atoms with Gasteiger partial charge in [-0.2, -0.15) is 0 Å². The minimum Gasteiger partial charge on any atom is -0.481 e. The second-order valence-electron chi connectivity index (χ2n) is 7.06. The van der Waals surface area contributed by atoms with E-state index in [2.05, 4.69) is 16.6 Å². The van der Waals surface area contributed by atoms with Gasteiger partial charge in [-0.3, -0.25) is 20.2 Å². The Morgan fingerprint density at radius 2 is 1.96 bits per heavy atom. The highest BCUT2D eigenvalue weighted by Gasteiger charge is 2.67. The van der Waals surface area contributed by atoms with Gasteiger partial charge in [0, 0.05) is 22.2 Å². The zero-order valence-electron chi connectivity index (χ0n) is 15.2. The van der Waals surface area contributed by atoms with E-state index in [-0.39, 0.29) is 17.6 Å². The second-order valence-corrected chi connectivity index (χ2v) is 7.06. The molecule has 4 rings (SSSR count). The van der Waals surface area contributed by atoms with Crippen molar-refractivity contribution in [1.82, 2.24) is 5.32 Å². The lowest BCUT2D eigenvalue weighted by Crippen LogP contribution is -2.54. The highest BCUT2D eigenvalue weighted by molar-refractivity contribution is 6.07. The minimum atomic E-state index is -1.40. The fourth-order valence-electron chi connectivity index (χ4n) is 4.46. The number of hydrogen-bond donors (Lipinski definition) is 2. The Balaban J connectivity index is 1.77. The third-order valence-corrected chi connectivity index (χ3v) is 5.55. The summed E-state index contributed by atoms with van der Waals surface area (Å²) in [6.07, 6.45) is 5.20. The van der Waals surface area contributed by atoms with Crippen LogP contribution in [0.5, 0.6) is 5.75 Å². The number of nitro groups is 1. The summed E-state index contributed by atoms with van der Waals surface area (Å²) in [4.78, 5) is 24.8. The predicted molar refractivity (Wildman–Crippen MR) is 104 cm³/mol. The average Bonchev–Trinajstić information content (AvgIpc) is 3.15. The van der Waals surface area contributed by atoms with E-state index >= 15 is 0 Å². The first kappa shape index (κ1) is 18.0. The van der Waals surface area contributed by atoms with Gasteiger partial charge in [-0.1, -0.05) is 36.3 Å². The first-order valence-electron chi connectivity index (χ1n) is 8.97. The maximum Gasteiger partial charge on any atom is 0.256 e. The van der Waals surface area contributed by atoms with E-state index in [1.165, 1.54) is 0 Å². The first-order valence-corrected chi connectivity index (χ1v) is 8.97. The van der Waals surface area contributed by atoms with Crippen LogP contribution < -0.4 is 15.4 Å². The molecule has 2 aromatic rings. The number of fused-ring (bicyclic) bond motifs is 2. The zero-order chi connectivity index (χ0) is 19.9. The number of hydrogen-bond acceptors (Lipinski definition) is 5. The van der Waals surface area contributed by atoms with E-state index in [0.29, 0.717) is 17.0 Å². The molecule has 28 heavy (non-hydrogen) atoms. The van der Waals surface area contributed by atoms with Crippen LogP contribution in [0.1, 0.15) is 24.0 Å². The Bertz CT molecular complexity index is 982. The van der Waals surface area contributed by atoms with Crippen molar-refractivity contribution in [2.24, 2.45) is 0 Å². The lowest BCUT2D eigenvalue weighted by Gasteiger charge is -2.25. The highest BCUT2D eigenvalue weighted by atomic mass is 16.6. The maximum absolute atomic E-state index is 12.9. The topological polar surface area (TPSA) is 93.5 Å². The van der Waals surface area contributed by atoms with Gasteiger partial charge in [-0.05, 0) is 30.7 Å². The summed E-state index contributed by atoms with van der Waals surface area (Å²) in [7, 11) is 0. The molecule has 1 fully saturated rings. The van der Waals surface area contributed by atoms with Crippen molar-refractivity contribution in [3.63, 3.8) is 0 Å². The van der Waals surface area contributed by atoms with Crippen LogP contribution in [-0.2, 0) is 10.3 Å². The van der Waals surface area contributed by atoms with Crippen molar-refractivity contribution in [2.45, 2.75) is 30.5 Å². The summed E-state index contributed by atoms with van der Waals surface area (Å²) in [6, 6.07) is 12.7. The number of benzene rings is 2. The van der Waals surface area contributed by atoms with Gasteiger partial charge in [-0.15, -0.1) is 6.42 Å². The third-order valence-electron chi connectivity index (χ3n) is 5.55. The van der Waals surface area contributed by atoms with Crippen LogP contribution in [-0.4, -0.2) is 29.5 Å². The van der Waals surface area contributed by atoms with Gasteiger partial charge in [0.1, 0.15) is 12.4 Å². The van der Waals surface area contributed by atoms with Gasteiger partial charge < -0.3 is 10.1 Å². The Kier molecular flexibility index (Phi) is 4.28. The molecule has 1 spiro atoms. The van der Waals surface area contributed by atoms with E-state index in [9.17, 15) is 14.9 Å². The molecule has 4 atom stereocenters. The zero-order valence-corrected chi connectivity index (χ0v) is 15.2. The van der Waals surface area contributed by atoms with Crippen molar-refractivity contribution in [1.29, 1.82) is 0 Å². The van der Waals surface area contributed by atoms with Crippen LogP contribution in [0.4, 0.5) is 5.69 Å². The molecule has 7 heteroatoms. The molecule has 2 N–H and O–H groups in total. The van der Waals surface area contributed by atoms with Gasteiger partial charge in [0.2, 0.25) is 0 Å². The molecule has 2 aliphatic rings. The summed E-state index contributed by atoms with van der Waals surface area (Å²) in [5, 5.41) is 18.2. The SMILES string of the molecule is C#CCOc1ccc([C@@H]2[C@H](C)N[C@@]3(C(=O)Nc4ccccc43)[C@H]2[N+](=O)[O-])cc1. The molecule has 7 nitrogen and oxygen atoms in total. The van der Waals surface area contributed by atoms with Crippen LogP contribution in [0.15, 0.2) is 48.5 Å². The normalized spacial score (nSPS) is 27.9. The molecule has 142 valence electrons. The summed E-state index contributed by atoms with van der Waals surface area (Å²) in [6.45, 7) is 2.02. The molecular weight excluding hydrogens is 358 g/mol. The molecular formula is C21H19N3O4. The van der Waals surface area contributed by atoms with Gasteiger partial charge in [0.15, 0.2) is 5.54 Å². The van der Waals surface area contributed by atoms with E-state index in [4.69, 9.17) is 11.2 Å². The standard InChI is InChI=1S/C21H19N3O4/c1-3-12-28-15-10-8-14(9-11-15)18-13(2)23-21(19(18)24(26)27)16-6-4-5-7-17(16)22-20(21)25/h1,4-11,13,18-19,23H,12H2,2H3,(H,22,25)/t13-,18-,19-,21+/m0/s1. The summed E-state index contributed by atoms with van der Waals surface area (Å²) in [5.74, 6) is 2.11. The Morgan fingerprint density at radius 1 is 1.25 bits per heavy atom. The maximum atomic E-state index is 12.9. The number of rotatable bonds is 4. The van der Waals surface area contributed by atoms with Crippen molar-refractivity contribution < 1.29 is 14.5 Å². The van der Waals surface area contributed by atoms with Crippen molar-refractivity contribution in [3.05, 3.63) is 69.8 Å². The fraction of sp³-hybridized carbons (Fsp3) is 0.286. The molecule has 1 amide bonds. The van der Waals surface area contributed by atoms with Crippen LogP contribution >= 0.6 is 0 Å². The fourth-order valence-corrected chi connectivity index (χ4v) is 4.46. The van der Waals surface area contributed by atoms with Gasteiger partial charge in [-0.25, -0.2) is 0 Å². The molecule has 1 saturated heterocycles. The molecule has 0 aliphatic carbocycles. The van der Waals surface area contributed by atoms with E-state index < -0.39 is 23.4 Å². The number of anilines is 1. The largest absolute Gasteiger partial charge is 0.481 e. The molecule has 0 saturated carbocycles. The van der Waals surface area contributed by atoms with Crippen molar-refractivity contribution >= 4 is 11.6 Å². The van der Waals surface area contributed by atoms with Gasteiger partial charge in [0.05, 0.1) is 5.92 Å². The van der Waals surface area contributed by atoms with Crippen LogP contribution in [0.2, 0.25) is 0 Å². The quantitative estimate of drug-likeness (QED) is 0.484. The molecule has 0 bridgehead atoms. The smallest absolute Gasteiger partial charge is 0.256 e. The molecule has 0 unspecified atom stereocenters. The van der Waals surface area contributed by atoms with E-state index in [1.807, 2.05) is 6.92 Å². The number of nitrogens with zero attached hydrogens (tertiary/aromatic N) is 1. The number of amides is 1. The first-order chi connectivity index (χ1) is 13.5. The summed E-state index contributed by atoms with van der Waals surface area (Å²) >= 11 is 0. The molecule has 0 aromatic heterocycles. The monoisotopic (exact) mass is 377 g/mol. The summed E-state index contributed by atoms with van der Waals surface area (Å²) < 4.78 is 5.38. The predicted octanol–water partition coefficient (Wildman–Crippen LogP) is 2.27. The molecule has 0 radical (unpaired) electrons. The Morgan fingerprint density at radius 3 is 2.64 bits per heavy atom. The average molecular weight is 377 g/mol. The van der Waals surface area contributed by atoms with Crippen LogP contribution in [0.3, 0.4) is 0 Å². The number of nitrogens with one attached hydrogen (secondary N) is 2. The van der Waals surface area contributed by atoms with Crippen LogP contribution in [0.25, 0.3) is 0 Å².